The topological polar surface area (TPSA) is 41.9 Å². The molecular weight excluding hydrogens is 278 g/mol. The summed E-state index contributed by atoms with van der Waals surface area (Å²) in [6.45, 7) is 3.50. The average Bonchev–Trinajstić information content (AvgIpc) is 2.43. The Labute approximate surface area is 125 Å². The van der Waals surface area contributed by atoms with Gasteiger partial charge in [-0.25, -0.2) is 0 Å². The Morgan fingerprint density at radius 3 is 2.90 bits per heavy atom. The molecule has 0 amide bonds. The fourth-order valence-corrected chi connectivity index (χ4v) is 3.04. The van der Waals surface area contributed by atoms with Crippen molar-refractivity contribution in [3.8, 4) is 11.5 Å². The van der Waals surface area contributed by atoms with Gasteiger partial charge in [0.15, 0.2) is 11.5 Å². The van der Waals surface area contributed by atoms with E-state index in [0.29, 0.717) is 23.2 Å². The molecule has 1 fully saturated rings. The van der Waals surface area contributed by atoms with Crippen LogP contribution in [-0.2, 0) is 11.3 Å². The van der Waals surface area contributed by atoms with Crippen molar-refractivity contribution in [3.63, 3.8) is 0 Å². The third kappa shape index (κ3) is 3.78. The monoisotopic (exact) mass is 299 g/mol. The van der Waals surface area contributed by atoms with Crippen molar-refractivity contribution >= 4 is 11.6 Å². The number of phenolic OH excluding ortho intramolecular Hbond substituents is 1. The first-order valence-electron chi connectivity index (χ1n) is 6.90. The third-order valence-corrected chi connectivity index (χ3v) is 3.96. The highest BCUT2D eigenvalue weighted by molar-refractivity contribution is 6.30. The van der Waals surface area contributed by atoms with E-state index in [1.165, 1.54) is 13.5 Å². The Morgan fingerprint density at radius 2 is 2.20 bits per heavy atom. The number of methoxy groups -OCH3 is 2. The fraction of sp³-hybridized carbons (Fsp3) is 0.600. The number of rotatable bonds is 5. The second-order valence-electron chi connectivity index (χ2n) is 5.31. The number of likely N-dealkylation sites (tertiary alicyclic amines) is 1. The minimum absolute atomic E-state index is 0.186. The van der Waals surface area contributed by atoms with Crippen molar-refractivity contribution in [2.45, 2.75) is 19.4 Å². The lowest BCUT2D eigenvalue weighted by Gasteiger charge is -2.32. The first-order chi connectivity index (χ1) is 9.63. The summed E-state index contributed by atoms with van der Waals surface area (Å²) in [6, 6.07) is 3.43. The van der Waals surface area contributed by atoms with Gasteiger partial charge in [0.25, 0.3) is 0 Å². The highest BCUT2D eigenvalue weighted by atomic mass is 35.5. The molecule has 0 aromatic heterocycles. The van der Waals surface area contributed by atoms with Crippen LogP contribution < -0.4 is 4.74 Å². The van der Waals surface area contributed by atoms with Crippen LogP contribution in [-0.4, -0.2) is 43.9 Å². The summed E-state index contributed by atoms with van der Waals surface area (Å²) >= 11 is 6.07. The number of phenols is 1. The highest BCUT2D eigenvalue weighted by Gasteiger charge is 2.21. The van der Waals surface area contributed by atoms with E-state index in [0.717, 1.165) is 31.7 Å². The van der Waals surface area contributed by atoms with Crippen LogP contribution in [0.15, 0.2) is 12.1 Å². The summed E-state index contributed by atoms with van der Waals surface area (Å²) in [5.74, 6) is 1.18. The number of benzene rings is 1. The van der Waals surface area contributed by atoms with Crippen LogP contribution in [0.5, 0.6) is 11.5 Å². The van der Waals surface area contributed by atoms with E-state index >= 15 is 0 Å². The van der Waals surface area contributed by atoms with Crippen LogP contribution in [0, 0.1) is 5.92 Å². The standard InChI is InChI=1S/C15H22ClNO3/c1-19-10-11-4-3-5-17(8-11)9-12-6-13(16)7-14(20-2)15(12)18/h6-7,11,18H,3-5,8-10H2,1-2H3. The maximum atomic E-state index is 10.2. The smallest absolute Gasteiger partial charge is 0.162 e. The molecule has 1 aliphatic heterocycles. The number of halogens is 1. The van der Waals surface area contributed by atoms with Gasteiger partial charge in [0.2, 0.25) is 0 Å². The summed E-state index contributed by atoms with van der Waals surface area (Å²) in [4.78, 5) is 2.33. The summed E-state index contributed by atoms with van der Waals surface area (Å²) in [5.41, 5.74) is 0.812. The molecule has 1 atom stereocenters. The van der Waals surface area contributed by atoms with Crippen molar-refractivity contribution in [1.82, 2.24) is 4.90 Å². The lowest BCUT2D eigenvalue weighted by Crippen LogP contribution is -2.36. The van der Waals surface area contributed by atoms with Gasteiger partial charge < -0.3 is 14.6 Å². The summed E-state index contributed by atoms with van der Waals surface area (Å²) in [5, 5.41) is 10.8. The van der Waals surface area contributed by atoms with Crippen molar-refractivity contribution in [2.75, 3.05) is 33.9 Å². The Morgan fingerprint density at radius 1 is 1.40 bits per heavy atom. The van der Waals surface area contributed by atoms with Gasteiger partial charge in [0, 0.05) is 36.9 Å². The maximum Gasteiger partial charge on any atom is 0.162 e. The molecule has 1 saturated heterocycles. The molecule has 0 radical (unpaired) electrons. The minimum atomic E-state index is 0.186. The van der Waals surface area contributed by atoms with Gasteiger partial charge in [-0.05, 0) is 31.4 Å². The number of hydrogen-bond donors (Lipinski definition) is 1. The van der Waals surface area contributed by atoms with Crippen molar-refractivity contribution < 1.29 is 14.6 Å². The highest BCUT2D eigenvalue weighted by Crippen LogP contribution is 2.34. The Bertz CT molecular complexity index is 451. The second kappa shape index (κ2) is 7.16. The maximum absolute atomic E-state index is 10.2. The van der Waals surface area contributed by atoms with Gasteiger partial charge in [0.1, 0.15) is 0 Å². The number of aromatic hydroxyl groups is 1. The van der Waals surface area contributed by atoms with Crippen molar-refractivity contribution in [2.24, 2.45) is 5.92 Å². The lowest BCUT2D eigenvalue weighted by atomic mass is 9.98. The Balaban J connectivity index is 2.07. The van der Waals surface area contributed by atoms with Crippen LogP contribution in [0.4, 0.5) is 0 Å². The summed E-state index contributed by atoms with van der Waals surface area (Å²) in [7, 11) is 3.28. The van der Waals surface area contributed by atoms with Crippen LogP contribution in [0.3, 0.4) is 0 Å². The van der Waals surface area contributed by atoms with Gasteiger partial charge in [-0.3, -0.25) is 4.90 Å². The second-order valence-corrected chi connectivity index (χ2v) is 5.75. The molecule has 1 N–H and O–H groups in total. The molecule has 4 nitrogen and oxygen atoms in total. The molecule has 112 valence electrons. The van der Waals surface area contributed by atoms with E-state index in [1.54, 1.807) is 19.2 Å². The van der Waals surface area contributed by atoms with Gasteiger partial charge in [-0.1, -0.05) is 11.6 Å². The van der Waals surface area contributed by atoms with E-state index < -0.39 is 0 Å². The first kappa shape index (κ1) is 15.4. The minimum Gasteiger partial charge on any atom is -0.504 e. The van der Waals surface area contributed by atoms with E-state index in [1.807, 2.05) is 0 Å². The number of ether oxygens (including phenoxy) is 2. The zero-order valence-corrected chi connectivity index (χ0v) is 12.8. The van der Waals surface area contributed by atoms with E-state index in [4.69, 9.17) is 21.1 Å². The predicted octanol–water partition coefficient (Wildman–Crippen LogP) is 2.91. The Kier molecular flexibility index (Phi) is 5.52. The number of hydrogen-bond acceptors (Lipinski definition) is 4. The van der Waals surface area contributed by atoms with E-state index in [2.05, 4.69) is 4.90 Å². The van der Waals surface area contributed by atoms with Crippen molar-refractivity contribution in [1.29, 1.82) is 0 Å². The molecule has 1 unspecified atom stereocenters. The molecule has 0 aliphatic carbocycles. The van der Waals surface area contributed by atoms with Crippen LogP contribution >= 0.6 is 11.6 Å². The lowest BCUT2D eigenvalue weighted by molar-refractivity contribution is 0.0869. The van der Waals surface area contributed by atoms with Gasteiger partial charge in [-0.2, -0.15) is 0 Å². The summed E-state index contributed by atoms with van der Waals surface area (Å²) in [6.07, 6.45) is 2.36. The molecule has 0 spiro atoms. The molecule has 2 rings (SSSR count). The molecular formula is C15H22ClNO3. The molecule has 1 aliphatic rings. The van der Waals surface area contributed by atoms with E-state index in [9.17, 15) is 5.11 Å². The zero-order valence-electron chi connectivity index (χ0n) is 12.1. The van der Waals surface area contributed by atoms with Crippen molar-refractivity contribution in [3.05, 3.63) is 22.7 Å². The van der Waals surface area contributed by atoms with Gasteiger partial charge >= 0.3 is 0 Å². The molecule has 20 heavy (non-hydrogen) atoms. The molecule has 0 saturated carbocycles. The first-order valence-corrected chi connectivity index (χ1v) is 7.28. The number of piperidine rings is 1. The van der Waals surface area contributed by atoms with Crippen LogP contribution in [0.25, 0.3) is 0 Å². The average molecular weight is 300 g/mol. The fourth-order valence-electron chi connectivity index (χ4n) is 2.81. The molecule has 1 heterocycles. The predicted molar refractivity (Wildman–Crippen MR) is 79.5 cm³/mol. The van der Waals surface area contributed by atoms with Gasteiger partial charge in [-0.15, -0.1) is 0 Å². The molecule has 0 bridgehead atoms. The van der Waals surface area contributed by atoms with Crippen LogP contribution in [0.2, 0.25) is 5.02 Å². The molecule has 5 heteroatoms. The largest absolute Gasteiger partial charge is 0.504 e. The van der Waals surface area contributed by atoms with Crippen LogP contribution in [0.1, 0.15) is 18.4 Å². The quantitative estimate of drug-likeness (QED) is 0.908. The molecule has 1 aromatic carbocycles. The normalized spacial score (nSPS) is 20.1. The third-order valence-electron chi connectivity index (χ3n) is 3.74. The summed E-state index contributed by atoms with van der Waals surface area (Å²) < 4.78 is 10.4. The molecule has 1 aromatic rings. The number of nitrogens with zero attached hydrogens (tertiary/aromatic N) is 1. The van der Waals surface area contributed by atoms with Gasteiger partial charge in [0.05, 0.1) is 13.7 Å². The SMILES string of the molecule is COCC1CCCN(Cc2cc(Cl)cc(OC)c2O)C1. The Hall–Kier alpha value is -0.970. The van der Waals surface area contributed by atoms with E-state index in [-0.39, 0.29) is 5.75 Å². The zero-order chi connectivity index (χ0) is 14.5.